The van der Waals surface area contributed by atoms with Crippen LogP contribution in [0.2, 0.25) is 5.02 Å². The van der Waals surface area contributed by atoms with Crippen LogP contribution >= 0.6 is 11.6 Å². The average molecular weight is 369 g/mol. The summed E-state index contributed by atoms with van der Waals surface area (Å²) >= 11 is 5.88. The first-order valence-corrected chi connectivity index (χ1v) is 8.25. The van der Waals surface area contributed by atoms with Crippen molar-refractivity contribution in [3.63, 3.8) is 0 Å². The molecule has 6 nitrogen and oxygen atoms in total. The van der Waals surface area contributed by atoms with Crippen LogP contribution in [-0.2, 0) is 0 Å². The van der Waals surface area contributed by atoms with Crippen LogP contribution in [-0.4, -0.2) is 28.9 Å². The molecule has 0 spiro atoms. The van der Waals surface area contributed by atoms with Gasteiger partial charge >= 0.3 is 0 Å². The Morgan fingerprint density at radius 1 is 1.19 bits per heavy atom. The number of para-hydroxylation sites is 1. The number of hydrogen-bond donors (Lipinski definition) is 2. The summed E-state index contributed by atoms with van der Waals surface area (Å²) in [6, 6.07) is 16.3. The predicted octanol–water partition coefficient (Wildman–Crippen LogP) is 3.89. The van der Waals surface area contributed by atoms with E-state index in [4.69, 9.17) is 16.3 Å². The number of methoxy groups -OCH3 is 1. The molecule has 2 aromatic carbocycles. The van der Waals surface area contributed by atoms with Crippen molar-refractivity contribution >= 4 is 23.2 Å². The van der Waals surface area contributed by atoms with E-state index in [1.807, 2.05) is 36.4 Å². The van der Waals surface area contributed by atoms with E-state index in [2.05, 4.69) is 20.7 Å². The first kappa shape index (κ1) is 17.7. The Kier molecular flexibility index (Phi) is 5.34. The number of carbonyl (C=O) groups is 1. The van der Waals surface area contributed by atoms with Gasteiger partial charge in [-0.15, -0.1) is 0 Å². The Bertz CT molecular complexity index is 948. The van der Waals surface area contributed by atoms with Crippen molar-refractivity contribution in [1.82, 2.24) is 15.6 Å². The van der Waals surface area contributed by atoms with Gasteiger partial charge in [0.15, 0.2) is 0 Å². The lowest BCUT2D eigenvalue weighted by molar-refractivity contribution is 0.0950. The van der Waals surface area contributed by atoms with Crippen LogP contribution in [0.4, 0.5) is 0 Å². The zero-order valence-electron chi connectivity index (χ0n) is 14.3. The second-order valence-corrected chi connectivity index (χ2v) is 5.95. The van der Waals surface area contributed by atoms with Crippen LogP contribution in [0.15, 0.2) is 59.7 Å². The van der Waals surface area contributed by atoms with Gasteiger partial charge < -0.3 is 4.74 Å². The third-order valence-electron chi connectivity index (χ3n) is 3.78. The van der Waals surface area contributed by atoms with Gasteiger partial charge in [0.25, 0.3) is 5.91 Å². The van der Waals surface area contributed by atoms with Crippen LogP contribution in [0.25, 0.3) is 11.3 Å². The fourth-order valence-corrected chi connectivity index (χ4v) is 2.53. The molecule has 0 aliphatic rings. The maximum Gasteiger partial charge on any atom is 0.289 e. The molecule has 0 aliphatic carbocycles. The summed E-state index contributed by atoms with van der Waals surface area (Å²) < 4.78 is 5.30. The lowest BCUT2D eigenvalue weighted by Crippen LogP contribution is -2.19. The highest BCUT2D eigenvalue weighted by molar-refractivity contribution is 6.30. The number of hydrazone groups is 1. The average Bonchev–Trinajstić information content (AvgIpc) is 3.16. The first-order chi connectivity index (χ1) is 12.6. The molecule has 1 amide bonds. The lowest BCUT2D eigenvalue weighted by atomic mass is 10.1. The standard InChI is InChI=1S/C19H17ClN4O2/c1-12(15-5-3-4-6-18(15)26-2)21-24-19(25)17-11-16(22-23-17)13-7-9-14(20)10-8-13/h3-11H,1-2H3,(H,22,23)(H,24,25). The highest BCUT2D eigenvalue weighted by atomic mass is 35.5. The maximum atomic E-state index is 12.3. The minimum atomic E-state index is -0.382. The summed E-state index contributed by atoms with van der Waals surface area (Å²) in [6.45, 7) is 1.80. The molecule has 0 saturated carbocycles. The normalized spacial score (nSPS) is 11.3. The maximum absolute atomic E-state index is 12.3. The number of halogens is 1. The summed E-state index contributed by atoms with van der Waals surface area (Å²) in [5.41, 5.74) is 5.78. The Hall–Kier alpha value is -3.12. The highest BCUT2D eigenvalue weighted by Crippen LogP contribution is 2.20. The number of carbonyl (C=O) groups excluding carboxylic acids is 1. The van der Waals surface area contributed by atoms with Gasteiger partial charge in [0.2, 0.25) is 0 Å². The molecule has 0 saturated heterocycles. The van der Waals surface area contributed by atoms with E-state index in [9.17, 15) is 4.79 Å². The molecule has 0 fully saturated rings. The molecular weight excluding hydrogens is 352 g/mol. The van der Waals surface area contributed by atoms with Crippen LogP contribution < -0.4 is 10.2 Å². The molecule has 7 heteroatoms. The van der Waals surface area contributed by atoms with Crippen molar-refractivity contribution < 1.29 is 9.53 Å². The second kappa shape index (κ2) is 7.84. The van der Waals surface area contributed by atoms with Crippen molar-refractivity contribution in [3.8, 4) is 17.0 Å². The van der Waals surface area contributed by atoms with Crippen LogP contribution in [0.1, 0.15) is 23.0 Å². The number of nitrogens with zero attached hydrogens (tertiary/aromatic N) is 2. The van der Waals surface area contributed by atoms with Gasteiger partial charge in [0.05, 0.1) is 18.5 Å². The third-order valence-corrected chi connectivity index (χ3v) is 4.04. The smallest absolute Gasteiger partial charge is 0.289 e. The molecule has 26 heavy (non-hydrogen) atoms. The molecule has 3 rings (SSSR count). The van der Waals surface area contributed by atoms with Crippen LogP contribution in [0.5, 0.6) is 5.75 Å². The number of hydrogen-bond acceptors (Lipinski definition) is 4. The summed E-state index contributed by atoms with van der Waals surface area (Å²) in [4.78, 5) is 12.3. The topological polar surface area (TPSA) is 79.4 Å². The minimum absolute atomic E-state index is 0.312. The first-order valence-electron chi connectivity index (χ1n) is 7.88. The van der Waals surface area contributed by atoms with E-state index in [1.54, 1.807) is 32.2 Å². The van der Waals surface area contributed by atoms with Crippen LogP contribution in [0.3, 0.4) is 0 Å². The number of H-pyrrole nitrogens is 1. The van der Waals surface area contributed by atoms with Gasteiger partial charge in [-0.05, 0) is 37.3 Å². The van der Waals surface area contributed by atoms with Gasteiger partial charge in [-0.3, -0.25) is 9.89 Å². The Morgan fingerprint density at radius 3 is 2.65 bits per heavy atom. The molecule has 1 heterocycles. The molecule has 132 valence electrons. The zero-order chi connectivity index (χ0) is 18.5. The minimum Gasteiger partial charge on any atom is -0.496 e. The SMILES string of the molecule is COc1ccccc1C(C)=NNC(=O)c1cc(-c2ccc(Cl)cc2)n[nH]1. The highest BCUT2D eigenvalue weighted by Gasteiger charge is 2.11. The van der Waals surface area contributed by atoms with Crippen molar-refractivity contribution in [1.29, 1.82) is 0 Å². The zero-order valence-corrected chi connectivity index (χ0v) is 15.0. The number of aromatic amines is 1. The van der Waals surface area contributed by atoms with Gasteiger partial charge in [-0.1, -0.05) is 35.9 Å². The molecule has 0 aliphatic heterocycles. The number of ether oxygens (including phenoxy) is 1. The van der Waals surface area contributed by atoms with Crippen molar-refractivity contribution in [2.24, 2.45) is 5.10 Å². The van der Waals surface area contributed by atoms with Gasteiger partial charge in [-0.25, -0.2) is 5.43 Å². The molecule has 0 atom stereocenters. The van der Waals surface area contributed by atoms with E-state index >= 15 is 0 Å². The molecule has 0 bridgehead atoms. The Labute approximate surface area is 155 Å². The molecule has 1 aromatic heterocycles. The van der Waals surface area contributed by atoms with Crippen molar-refractivity contribution in [2.45, 2.75) is 6.92 Å². The molecule has 0 unspecified atom stereocenters. The molecule has 0 radical (unpaired) electrons. The Balaban J connectivity index is 1.73. The van der Waals surface area contributed by atoms with Gasteiger partial charge in [0.1, 0.15) is 11.4 Å². The van der Waals surface area contributed by atoms with Gasteiger partial charge in [-0.2, -0.15) is 10.2 Å². The summed E-state index contributed by atoms with van der Waals surface area (Å²) in [5.74, 6) is 0.307. The van der Waals surface area contributed by atoms with Gasteiger partial charge in [0, 0.05) is 16.1 Å². The fraction of sp³-hybridized carbons (Fsp3) is 0.105. The van der Waals surface area contributed by atoms with E-state index in [-0.39, 0.29) is 5.91 Å². The number of amides is 1. The summed E-state index contributed by atoms with van der Waals surface area (Å²) in [5, 5.41) is 11.7. The van der Waals surface area contributed by atoms with E-state index in [1.165, 1.54) is 0 Å². The Morgan fingerprint density at radius 2 is 1.92 bits per heavy atom. The monoisotopic (exact) mass is 368 g/mol. The second-order valence-electron chi connectivity index (χ2n) is 5.51. The predicted molar refractivity (Wildman–Crippen MR) is 102 cm³/mol. The van der Waals surface area contributed by atoms with E-state index in [0.717, 1.165) is 11.1 Å². The van der Waals surface area contributed by atoms with Crippen LogP contribution in [0, 0.1) is 0 Å². The lowest BCUT2D eigenvalue weighted by Gasteiger charge is -2.07. The largest absolute Gasteiger partial charge is 0.496 e. The van der Waals surface area contributed by atoms with Crippen molar-refractivity contribution in [2.75, 3.05) is 7.11 Å². The quantitative estimate of drug-likeness (QED) is 0.529. The molecular formula is C19H17ClN4O2. The van der Waals surface area contributed by atoms with E-state index in [0.29, 0.717) is 27.9 Å². The number of rotatable bonds is 5. The number of aromatic nitrogens is 2. The molecule has 2 N–H and O–H groups in total. The summed E-state index contributed by atoms with van der Waals surface area (Å²) in [7, 11) is 1.59. The fourth-order valence-electron chi connectivity index (χ4n) is 2.41. The van der Waals surface area contributed by atoms with E-state index < -0.39 is 0 Å². The summed E-state index contributed by atoms with van der Waals surface area (Å²) in [6.07, 6.45) is 0. The third kappa shape index (κ3) is 3.92. The van der Waals surface area contributed by atoms with Crippen molar-refractivity contribution in [3.05, 3.63) is 70.9 Å². The molecule has 3 aromatic rings. The number of benzene rings is 2. The number of nitrogens with one attached hydrogen (secondary N) is 2.